The predicted molar refractivity (Wildman–Crippen MR) is 223 cm³/mol. The molecule has 15 heteroatoms. The molecular formula is C45H60N4O11. The molecule has 60 heavy (non-hydrogen) atoms. The van der Waals surface area contributed by atoms with E-state index in [1.54, 1.807) is 59.8 Å². The highest BCUT2D eigenvalue weighted by Crippen LogP contribution is 2.51. The fourth-order valence-electron chi connectivity index (χ4n) is 9.08. The van der Waals surface area contributed by atoms with E-state index in [2.05, 4.69) is 22.1 Å². The van der Waals surface area contributed by atoms with E-state index in [4.69, 9.17) is 23.9 Å². The summed E-state index contributed by atoms with van der Waals surface area (Å²) >= 11 is 0. The standard InChI is InChI=1S/C45H60N4O11/c1-11-18-49-19-16-45(17-20-49)47-33-30-31-38(53)27(7)41-32(30)42(55)44(9,60-41)58-21-15-29(57-10)24(4)40(59-28(8)50)26(6)37(52)25(5)36(51)22(2)13-12-14-23(3)43(56)46-35(39(31)54)34(33)48-45/h12-15,21-22,24-26,29,36-37,40,47,51-54H,11,16-20H2,1-10H3/t22-,24+,25+,26+,29-,36-,37+,40+,44-/m0/s1. The molecule has 5 bridgehead atoms. The molecule has 5 aliphatic rings. The lowest BCUT2D eigenvalue weighted by Gasteiger charge is -2.38. The summed E-state index contributed by atoms with van der Waals surface area (Å²) in [5.41, 5.74) is -0.0963. The molecule has 9 atom stereocenters. The Morgan fingerprint density at radius 3 is 2.30 bits per heavy atom. The third-order valence-electron chi connectivity index (χ3n) is 12.8. The molecule has 0 unspecified atom stereocenters. The number of benzene rings is 2. The zero-order valence-electron chi connectivity index (χ0n) is 36.2. The number of nitrogens with zero attached hydrogens (tertiary/aromatic N) is 3. The summed E-state index contributed by atoms with van der Waals surface area (Å²) in [6, 6.07) is 0. The van der Waals surface area contributed by atoms with Crippen molar-refractivity contribution in [1.82, 2.24) is 4.90 Å². The third-order valence-corrected chi connectivity index (χ3v) is 12.8. The van der Waals surface area contributed by atoms with Crippen molar-refractivity contribution >= 4 is 34.1 Å². The van der Waals surface area contributed by atoms with E-state index in [1.807, 2.05) is 0 Å². The lowest BCUT2D eigenvalue weighted by atomic mass is 9.78. The van der Waals surface area contributed by atoms with Crippen LogP contribution < -0.4 is 20.8 Å². The van der Waals surface area contributed by atoms with Crippen molar-refractivity contribution in [3.63, 3.8) is 0 Å². The second kappa shape index (κ2) is 17.3. The van der Waals surface area contributed by atoms with Gasteiger partial charge in [0.05, 0.1) is 41.2 Å². The van der Waals surface area contributed by atoms with Gasteiger partial charge in [0, 0.05) is 87.1 Å². The Kier molecular flexibility index (Phi) is 12.9. The first-order valence-electron chi connectivity index (χ1n) is 20.9. The fraction of sp³-hybridized carbons (Fsp3) is 0.578. The van der Waals surface area contributed by atoms with Crippen molar-refractivity contribution in [3.05, 3.63) is 58.0 Å². The van der Waals surface area contributed by atoms with Crippen molar-refractivity contribution in [2.45, 2.75) is 117 Å². The third kappa shape index (κ3) is 8.04. The Morgan fingerprint density at radius 1 is 0.983 bits per heavy atom. The van der Waals surface area contributed by atoms with Crippen molar-refractivity contribution in [3.8, 4) is 17.2 Å². The van der Waals surface area contributed by atoms with Crippen LogP contribution in [0.4, 0.5) is 5.69 Å². The van der Waals surface area contributed by atoms with Gasteiger partial charge < -0.3 is 49.6 Å². The number of aliphatic hydroxyl groups is 2. The largest absolute Gasteiger partial charge is 0.507 e. The number of carbonyl (C=O) groups is 3. The van der Waals surface area contributed by atoms with E-state index in [1.165, 1.54) is 33.3 Å². The van der Waals surface area contributed by atoms with Crippen LogP contribution in [0.1, 0.15) is 90.6 Å². The number of likely N-dealkylation sites (tertiary alicyclic amines) is 1. The normalized spacial score (nSPS) is 31.0. The number of phenols is 2. The van der Waals surface area contributed by atoms with E-state index in [0.717, 1.165) is 26.1 Å². The van der Waals surface area contributed by atoms with Gasteiger partial charge in [0.25, 0.3) is 11.7 Å². The molecule has 0 saturated carbocycles. The van der Waals surface area contributed by atoms with Crippen LogP contribution in [0, 0.1) is 30.6 Å². The number of aliphatic hydroxyl groups excluding tert-OH is 2. The number of hydrogen-bond donors (Lipinski definition) is 5. The number of Topliss-reactive ketones (excluding diaryl/α,β-unsaturated/α-hetero) is 1. The van der Waals surface area contributed by atoms with Gasteiger partial charge >= 0.3 is 11.8 Å². The number of hydrogen-bond acceptors (Lipinski definition) is 14. The van der Waals surface area contributed by atoms with Crippen LogP contribution >= 0.6 is 0 Å². The minimum absolute atomic E-state index is 0.0549. The van der Waals surface area contributed by atoms with Gasteiger partial charge in [-0.15, -0.1) is 0 Å². The molecular weight excluding hydrogens is 773 g/mol. The lowest BCUT2D eigenvalue weighted by molar-refractivity contribution is -0.160. The predicted octanol–water partition coefficient (Wildman–Crippen LogP) is 4.50. The summed E-state index contributed by atoms with van der Waals surface area (Å²) in [6.45, 7) is 17.4. The Labute approximate surface area is 350 Å². The second-order valence-corrected chi connectivity index (χ2v) is 17.1. The Morgan fingerprint density at radius 2 is 1.67 bits per heavy atom. The maximum absolute atomic E-state index is 14.7. The van der Waals surface area contributed by atoms with Gasteiger partial charge in [-0.05, 0) is 32.9 Å². The van der Waals surface area contributed by atoms with E-state index in [0.29, 0.717) is 18.5 Å². The molecule has 0 aliphatic carbocycles. The number of rotatable bonds is 4. The number of allylic oxidation sites excluding steroid dienone is 2. The molecule has 2 aromatic rings. The molecule has 326 valence electrons. The first-order chi connectivity index (χ1) is 28.3. The summed E-state index contributed by atoms with van der Waals surface area (Å²) < 4.78 is 24.0. The number of anilines is 1. The number of esters is 1. The number of aromatic hydroxyl groups is 2. The summed E-state index contributed by atoms with van der Waals surface area (Å²) in [7, 11) is 1.47. The first kappa shape index (κ1) is 44.7. The number of amides is 1. The molecule has 0 radical (unpaired) electrons. The number of phenolic OH excluding ortho intramolecular Hbond substituents is 2. The topological polar surface area (TPSA) is 209 Å². The lowest BCUT2D eigenvalue weighted by Crippen LogP contribution is -2.46. The number of nitrogens with one attached hydrogen (secondary N) is 1. The highest BCUT2D eigenvalue weighted by Gasteiger charge is 2.50. The average Bonchev–Trinajstić information content (AvgIpc) is 3.71. The minimum Gasteiger partial charge on any atom is -0.507 e. The number of fused-ring (bicyclic) bond motifs is 13. The van der Waals surface area contributed by atoms with E-state index >= 15 is 0 Å². The Hall–Kier alpha value is -4.83. The van der Waals surface area contributed by atoms with Crippen molar-refractivity contribution in [2.75, 3.05) is 32.1 Å². The molecule has 0 aromatic heterocycles. The van der Waals surface area contributed by atoms with Crippen LogP contribution in [0.15, 0.2) is 46.1 Å². The van der Waals surface area contributed by atoms with E-state index in [-0.39, 0.29) is 49.7 Å². The average molecular weight is 833 g/mol. The number of carbonyl (C=O) groups excluding carboxylic acids is 3. The summed E-state index contributed by atoms with van der Waals surface area (Å²) in [5.74, 6) is -7.02. The van der Waals surface area contributed by atoms with Gasteiger partial charge in [0.2, 0.25) is 0 Å². The summed E-state index contributed by atoms with van der Waals surface area (Å²) in [6.07, 6.45) is 6.08. The molecule has 1 saturated heterocycles. The quantitative estimate of drug-likeness (QED) is 0.213. The molecule has 15 nitrogen and oxygen atoms in total. The molecule has 1 spiro atoms. The van der Waals surface area contributed by atoms with Crippen molar-refractivity contribution in [2.24, 2.45) is 33.7 Å². The minimum atomic E-state index is -1.95. The summed E-state index contributed by atoms with van der Waals surface area (Å²) in [4.78, 5) is 52.8. The first-order valence-corrected chi connectivity index (χ1v) is 20.9. The summed E-state index contributed by atoms with van der Waals surface area (Å²) in [5, 5.41) is 50.5. The monoisotopic (exact) mass is 832 g/mol. The molecule has 1 fully saturated rings. The van der Waals surface area contributed by atoms with Crippen LogP contribution in [0.3, 0.4) is 0 Å². The van der Waals surface area contributed by atoms with Crippen molar-refractivity contribution in [1.29, 1.82) is 0 Å². The van der Waals surface area contributed by atoms with Gasteiger partial charge in [-0.1, -0.05) is 52.8 Å². The molecule has 5 heterocycles. The van der Waals surface area contributed by atoms with Gasteiger partial charge in [0.15, 0.2) is 5.75 Å². The van der Waals surface area contributed by atoms with Crippen LogP contribution in [-0.4, -0.2) is 106 Å². The fourth-order valence-corrected chi connectivity index (χ4v) is 9.08. The molecule has 2 aromatic carbocycles. The maximum atomic E-state index is 14.7. The van der Waals surface area contributed by atoms with E-state index < -0.39 is 82.9 Å². The van der Waals surface area contributed by atoms with Crippen LogP contribution in [0.25, 0.3) is 10.8 Å². The highest BCUT2D eigenvalue weighted by molar-refractivity contribution is 6.21. The number of ether oxygens (including phenoxy) is 4. The highest BCUT2D eigenvalue weighted by atomic mass is 16.7. The van der Waals surface area contributed by atoms with Crippen LogP contribution in [0.5, 0.6) is 17.2 Å². The Bertz CT molecular complexity index is 2260. The number of methoxy groups -OCH3 is 1. The molecule has 1 amide bonds. The van der Waals surface area contributed by atoms with Gasteiger partial charge in [0.1, 0.15) is 34.0 Å². The SMILES string of the molecule is CCCN1CCC2(CC1)N=c1c(c3c4c5c(C)c(O)c3c(O)c1=NC(=O)C(C)=CC=C[C@H](C)[C@H](O)[C@@H](C)[C@@H](O)[C@@H](C)[C@H](OC(C)=O)[C@H](C)[C@@H](OC)C=CO[C@@](C)(O5)C4=O)N2. The number of ketones is 1. The molecule has 5 aliphatic heterocycles. The Balaban J connectivity index is 1.56. The molecule has 5 N–H and O–H groups in total. The van der Waals surface area contributed by atoms with E-state index in [9.17, 15) is 34.8 Å². The maximum Gasteiger partial charge on any atom is 0.312 e. The van der Waals surface area contributed by atoms with Gasteiger partial charge in [-0.25, -0.2) is 4.99 Å². The zero-order chi connectivity index (χ0) is 44.0. The van der Waals surface area contributed by atoms with Gasteiger partial charge in [-0.3, -0.25) is 19.4 Å². The number of piperidine rings is 1. The van der Waals surface area contributed by atoms with Crippen molar-refractivity contribution < 1.29 is 53.8 Å². The smallest absolute Gasteiger partial charge is 0.312 e. The van der Waals surface area contributed by atoms with Crippen LogP contribution in [0.2, 0.25) is 0 Å². The second-order valence-electron chi connectivity index (χ2n) is 17.1. The van der Waals surface area contributed by atoms with Gasteiger partial charge in [-0.2, -0.15) is 0 Å². The molecule has 7 rings (SSSR count). The zero-order valence-corrected chi connectivity index (χ0v) is 36.2. The van der Waals surface area contributed by atoms with Crippen LogP contribution in [-0.2, 0) is 23.8 Å².